The summed E-state index contributed by atoms with van der Waals surface area (Å²) < 4.78 is 14.4. The molecule has 2 aliphatic heterocycles. The summed E-state index contributed by atoms with van der Waals surface area (Å²) in [5.41, 5.74) is 5.71. The van der Waals surface area contributed by atoms with Gasteiger partial charge in [-0.2, -0.15) is 0 Å². The normalized spacial score (nSPS) is 17.0. The molecular weight excluding hydrogens is 484 g/mol. The average molecular weight is 512 g/mol. The van der Waals surface area contributed by atoms with Crippen LogP contribution in [0.15, 0.2) is 54.6 Å². The summed E-state index contributed by atoms with van der Waals surface area (Å²) in [6.07, 6.45) is 1.71. The van der Waals surface area contributed by atoms with Crippen molar-refractivity contribution >= 4 is 40.6 Å². The minimum Gasteiger partial charge on any atom is -0.306 e. The lowest BCUT2D eigenvalue weighted by Crippen LogP contribution is -2.46. The molecule has 2 heterocycles. The highest BCUT2D eigenvalue weighted by Crippen LogP contribution is 2.47. The van der Waals surface area contributed by atoms with Crippen molar-refractivity contribution < 1.29 is 9.18 Å². The number of rotatable bonds is 3. The van der Waals surface area contributed by atoms with Gasteiger partial charge in [0.1, 0.15) is 5.82 Å². The molecule has 35 heavy (non-hydrogen) atoms. The Labute approximate surface area is 215 Å². The maximum absolute atomic E-state index is 14.4. The lowest BCUT2D eigenvalue weighted by molar-refractivity contribution is 0.160. The van der Waals surface area contributed by atoms with Crippen molar-refractivity contribution in [2.45, 2.75) is 38.6 Å². The molecule has 0 aliphatic carbocycles. The Hall–Kier alpha value is -2.60. The first-order valence-corrected chi connectivity index (χ1v) is 12.6. The first-order valence-electron chi connectivity index (χ1n) is 11.9. The molecule has 0 saturated carbocycles. The molecule has 1 saturated heterocycles. The van der Waals surface area contributed by atoms with Crippen molar-refractivity contribution in [3.63, 3.8) is 0 Å². The molecule has 4 nitrogen and oxygen atoms in total. The van der Waals surface area contributed by atoms with Gasteiger partial charge in [-0.15, -0.1) is 0 Å². The number of fused-ring (bicyclic) bond motifs is 2. The maximum atomic E-state index is 14.4. The van der Waals surface area contributed by atoms with Gasteiger partial charge in [0.2, 0.25) is 0 Å². The highest BCUT2D eigenvalue weighted by atomic mass is 35.5. The summed E-state index contributed by atoms with van der Waals surface area (Å²) in [7, 11) is 0. The van der Waals surface area contributed by atoms with Gasteiger partial charge in [0.15, 0.2) is 0 Å². The van der Waals surface area contributed by atoms with Gasteiger partial charge >= 0.3 is 6.03 Å². The lowest BCUT2D eigenvalue weighted by Gasteiger charge is -2.40. The van der Waals surface area contributed by atoms with E-state index >= 15 is 0 Å². The summed E-state index contributed by atoms with van der Waals surface area (Å²) in [5, 5.41) is 3.57. The van der Waals surface area contributed by atoms with Crippen LogP contribution >= 0.6 is 23.2 Å². The summed E-state index contributed by atoms with van der Waals surface area (Å²) in [6, 6.07) is 16.2. The summed E-state index contributed by atoms with van der Waals surface area (Å²) >= 11 is 12.4. The molecule has 182 valence electrons. The number of halogens is 3. The molecule has 7 heteroatoms. The lowest BCUT2D eigenvalue weighted by atomic mass is 9.74. The van der Waals surface area contributed by atoms with Gasteiger partial charge < -0.3 is 5.32 Å². The minimum atomic E-state index is -0.295. The molecule has 1 N–H and O–H groups in total. The molecule has 2 amide bonds. The van der Waals surface area contributed by atoms with Gasteiger partial charge in [-0.25, -0.2) is 9.18 Å². The van der Waals surface area contributed by atoms with Crippen LogP contribution in [0.2, 0.25) is 10.0 Å². The van der Waals surface area contributed by atoms with E-state index in [0.29, 0.717) is 22.3 Å². The quantitative estimate of drug-likeness (QED) is 0.399. The van der Waals surface area contributed by atoms with Crippen molar-refractivity contribution in [1.82, 2.24) is 4.90 Å². The Bertz CT molecular complexity index is 1270. The third-order valence-electron chi connectivity index (χ3n) is 7.22. The molecule has 0 radical (unpaired) electrons. The Morgan fingerprint density at radius 1 is 1.03 bits per heavy atom. The number of nitrogens with zero attached hydrogens (tertiary/aromatic N) is 2. The Kier molecular flexibility index (Phi) is 6.51. The molecule has 0 atom stereocenters. The van der Waals surface area contributed by atoms with Crippen LogP contribution in [0.4, 0.5) is 20.6 Å². The molecule has 3 aromatic carbocycles. The molecular formula is C28H28Cl2FN3O. The fourth-order valence-electron chi connectivity index (χ4n) is 5.59. The van der Waals surface area contributed by atoms with Gasteiger partial charge in [-0.1, -0.05) is 58.6 Å². The summed E-state index contributed by atoms with van der Waals surface area (Å²) in [6.45, 7) is 7.43. The maximum Gasteiger partial charge on any atom is 0.326 e. The first-order chi connectivity index (χ1) is 16.7. The van der Waals surface area contributed by atoms with E-state index in [4.69, 9.17) is 23.2 Å². The van der Waals surface area contributed by atoms with E-state index in [2.05, 4.69) is 42.3 Å². The van der Waals surface area contributed by atoms with Crippen LogP contribution in [-0.4, -0.2) is 30.6 Å². The third kappa shape index (κ3) is 4.77. The number of amides is 2. The van der Waals surface area contributed by atoms with Crippen LogP contribution in [0.5, 0.6) is 0 Å². The van der Waals surface area contributed by atoms with Crippen molar-refractivity contribution in [2.24, 2.45) is 0 Å². The second-order valence-corrected chi connectivity index (χ2v) is 10.6. The van der Waals surface area contributed by atoms with Crippen molar-refractivity contribution in [2.75, 3.05) is 29.9 Å². The second-order valence-electron chi connectivity index (χ2n) is 9.83. The fourth-order valence-corrected chi connectivity index (χ4v) is 5.94. The van der Waals surface area contributed by atoms with Crippen molar-refractivity contribution in [1.29, 1.82) is 0 Å². The molecule has 3 aromatic rings. The van der Waals surface area contributed by atoms with Crippen LogP contribution in [0, 0.1) is 19.7 Å². The average Bonchev–Trinajstić information content (AvgIpc) is 3.11. The van der Waals surface area contributed by atoms with Gasteiger partial charge in [-0.3, -0.25) is 9.80 Å². The Balaban J connectivity index is 1.35. The molecule has 1 spiro atoms. The zero-order valence-corrected chi connectivity index (χ0v) is 21.4. The van der Waals surface area contributed by atoms with E-state index in [1.807, 2.05) is 0 Å². The molecule has 5 rings (SSSR count). The van der Waals surface area contributed by atoms with Crippen molar-refractivity contribution in [3.8, 4) is 0 Å². The number of carbonyl (C=O) groups is 1. The highest BCUT2D eigenvalue weighted by molar-refractivity contribution is 6.44. The van der Waals surface area contributed by atoms with Crippen LogP contribution in [0.25, 0.3) is 0 Å². The molecule has 2 aliphatic rings. The number of hydrogen-bond acceptors (Lipinski definition) is 2. The number of aryl methyl sites for hydroxylation is 2. The smallest absolute Gasteiger partial charge is 0.306 e. The van der Waals surface area contributed by atoms with Crippen LogP contribution in [-0.2, 0) is 12.0 Å². The number of piperidine rings is 1. The molecule has 1 fully saturated rings. The topological polar surface area (TPSA) is 35.6 Å². The third-order valence-corrected chi connectivity index (χ3v) is 8.04. The molecule has 0 unspecified atom stereocenters. The zero-order chi connectivity index (χ0) is 24.7. The van der Waals surface area contributed by atoms with E-state index in [-0.39, 0.29) is 17.3 Å². The van der Waals surface area contributed by atoms with Crippen LogP contribution < -0.4 is 10.2 Å². The van der Waals surface area contributed by atoms with Gasteiger partial charge in [-0.05, 0) is 81.2 Å². The molecule has 0 bridgehead atoms. The summed E-state index contributed by atoms with van der Waals surface area (Å²) in [5.74, 6) is -0.277. The number of urea groups is 1. The SMILES string of the molecule is Cc1cc(C)cc(CN2CCC3(CC2)CN(C(=O)Nc2cccc(Cl)c2Cl)c2ccc(F)cc23)c1. The standard InChI is InChI=1S/C28H28Cl2FN3O/c1-18-12-19(2)14-20(13-18)16-33-10-8-28(9-11-33)17-34(25-7-6-21(31)15-22(25)28)27(35)32-24-5-3-4-23(29)26(24)30/h3-7,12-15H,8-11,16-17H2,1-2H3,(H,32,35). The second kappa shape index (κ2) is 9.45. The first kappa shape index (κ1) is 24.1. The van der Waals surface area contributed by atoms with Crippen LogP contribution in [0.3, 0.4) is 0 Å². The Morgan fingerprint density at radius 2 is 1.74 bits per heavy atom. The Morgan fingerprint density at radius 3 is 2.46 bits per heavy atom. The fraction of sp³-hybridized carbons (Fsp3) is 0.321. The number of likely N-dealkylation sites (tertiary alicyclic amines) is 1. The van der Waals surface area contributed by atoms with E-state index in [1.54, 1.807) is 35.2 Å². The van der Waals surface area contributed by atoms with Gasteiger partial charge in [0, 0.05) is 24.2 Å². The van der Waals surface area contributed by atoms with E-state index < -0.39 is 0 Å². The highest BCUT2D eigenvalue weighted by Gasteiger charge is 2.46. The summed E-state index contributed by atoms with van der Waals surface area (Å²) in [4.78, 5) is 17.5. The van der Waals surface area contributed by atoms with Gasteiger partial charge in [0.05, 0.1) is 15.7 Å². The van der Waals surface area contributed by atoms with E-state index in [0.717, 1.165) is 43.7 Å². The van der Waals surface area contributed by atoms with Gasteiger partial charge in [0.25, 0.3) is 0 Å². The monoisotopic (exact) mass is 511 g/mol. The predicted octanol–water partition coefficient (Wildman–Crippen LogP) is 7.34. The largest absolute Gasteiger partial charge is 0.326 e. The van der Waals surface area contributed by atoms with Crippen molar-refractivity contribution in [3.05, 3.63) is 92.7 Å². The van der Waals surface area contributed by atoms with Crippen LogP contribution in [0.1, 0.15) is 35.1 Å². The number of hydrogen-bond donors (Lipinski definition) is 1. The number of anilines is 2. The van der Waals surface area contributed by atoms with E-state index in [9.17, 15) is 9.18 Å². The number of carbonyl (C=O) groups excluding carboxylic acids is 1. The number of benzene rings is 3. The predicted molar refractivity (Wildman–Crippen MR) is 141 cm³/mol. The minimum absolute atomic E-state index is 0.272. The van der Waals surface area contributed by atoms with E-state index in [1.165, 1.54) is 22.8 Å². The zero-order valence-electron chi connectivity index (χ0n) is 19.9. The number of nitrogens with one attached hydrogen (secondary N) is 1. The molecule has 0 aromatic heterocycles.